The van der Waals surface area contributed by atoms with E-state index in [-0.39, 0.29) is 42.3 Å². The lowest BCUT2D eigenvalue weighted by molar-refractivity contribution is -0.128. The van der Waals surface area contributed by atoms with Crippen LogP contribution in [-0.2, 0) is 9.59 Å². The van der Waals surface area contributed by atoms with Crippen molar-refractivity contribution in [3.8, 4) is 0 Å². The molecule has 5 nitrogen and oxygen atoms in total. The van der Waals surface area contributed by atoms with E-state index in [0.717, 1.165) is 25.8 Å². The third-order valence-corrected chi connectivity index (χ3v) is 2.56. The highest BCUT2D eigenvalue weighted by molar-refractivity contribution is 5.87. The minimum absolute atomic E-state index is 0. The Kier molecular flexibility index (Phi) is 7.25. The van der Waals surface area contributed by atoms with E-state index in [1.165, 1.54) is 0 Å². The molecule has 1 aliphatic rings. The van der Waals surface area contributed by atoms with Crippen molar-refractivity contribution in [2.45, 2.75) is 51.6 Å². The molecule has 0 bridgehead atoms. The summed E-state index contributed by atoms with van der Waals surface area (Å²) < 4.78 is 0. The summed E-state index contributed by atoms with van der Waals surface area (Å²) in [6, 6.07) is -0.133. The Balaban J connectivity index is 0.00000289. The Labute approximate surface area is 115 Å². The maximum absolute atomic E-state index is 11.7. The summed E-state index contributed by atoms with van der Waals surface area (Å²) in [4.78, 5) is 23.2. The number of rotatable bonds is 3. The van der Waals surface area contributed by atoms with Gasteiger partial charge >= 0.3 is 0 Å². The molecule has 1 atom stereocenters. The molecule has 1 aliphatic heterocycles. The van der Waals surface area contributed by atoms with E-state index in [2.05, 4.69) is 16.0 Å². The van der Waals surface area contributed by atoms with Crippen LogP contribution in [0.3, 0.4) is 0 Å². The summed E-state index contributed by atoms with van der Waals surface area (Å²) in [7, 11) is 0. The lowest BCUT2D eigenvalue weighted by Crippen LogP contribution is -2.51. The van der Waals surface area contributed by atoms with Gasteiger partial charge in [0.15, 0.2) is 0 Å². The third-order valence-electron chi connectivity index (χ3n) is 2.56. The van der Waals surface area contributed by atoms with Crippen LogP contribution >= 0.6 is 12.4 Å². The first kappa shape index (κ1) is 17.2. The second-order valence-corrected chi connectivity index (χ2v) is 5.52. The molecule has 1 rings (SSSR count). The highest BCUT2D eigenvalue weighted by atomic mass is 35.5. The largest absolute Gasteiger partial charge is 0.350 e. The molecule has 2 amide bonds. The van der Waals surface area contributed by atoms with Crippen molar-refractivity contribution < 1.29 is 9.59 Å². The molecule has 0 aromatic heterocycles. The fraction of sp³-hybridized carbons (Fsp3) is 0.833. The van der Waals surface area contributed by atoms with Crippen molar-refractivity contribution in [3.63, 3.8) is 0 Å². The molecule has 1 unspecified atom stereocenters. The minimum atomic E-state index is -0.259. The van der Waals surface area contributed by atoms with E-state index in [0.29, 0.717) is 0 Å². The van der Waals surface area contributed by atoms with Crippen LogP contribution in [0.5, 0.6) is 0 Å². The molecule has 1 fully saturated rings. The van der Waals surface area contributed by atoms with Gasteiger partial charge in [-0.05, 0) is 40.2 Å². The summed E-state index contributed by atoms with van der Waals surface area (Å²) in [5.41, 5.74) is -0.259. The maximum Gasteiger partial charge on any atom is 0.239 e. The number of carbonyl (C=O) groups is 2. The summed E-state index contributed by atoms with van der Waals surface area (Å²) in [5, 5.41) is 8.61. The lowest BCUT2D eigenvalue weighted by Gasteiger charge is -2.23. The lowest BCUT2D eigenvalue weighted by atomic mass is 10.0. The van der Waals surface area contributed by atoms with Crippen molar-refractivity contribution in [2.24, 2.45) is 0 Å². The summed E-state index contributed by atoms with van der Waals surface area (Å²) in [6.45, 7) is 6.67. The molecule has 6 heteroatoms. The predicted octanol–water partition coefficient (Wildman–Crippen LogP) is 0.581. The number of hydrogen-bond donors (Lipinski definition) is 3. The van der Waals surface area contributed by atoms with Gasteiger partial charge in [0.05, 0.1) is 12.6 Å². The first-order valence-corrected chi connectivity index (χ1v) is 6.20. The fourth-order valence-corrected chi connectivity index (χ4v) is 1.83. The van der Waals surface area contributed by atoms with Gasteiger partial charge in [0, 0.05) is 5.54 Å². The number of hydrogen-bond acceptors (Lipinski definition) is 3. The molecule has 1 heterocycles. The summed E-state index contributed by atoms with van der Waals surface area (Å²) in [5.74, 6) is -0.226. The Morgan fingerprint density at radius 1 is 1.28 bits per heavy atom. The van der Waals surface area contributed by atoms with E-state index >= 15 is 0 Å². The summed E-state index contributed by atoms with van der Waals surface area (Å²) >= 11 is 0. The van der Waals surface area contributed by atoms with Gasteiger partial charge in [0.25, 0.3) is 0 Å². The smallest absolute Gasteiger partial charge is 0.239 e. The number of amides is 2. The monoisotopic (exact) mass is 277 g/mol. The molecule has 0 saturated carbocycles. The van der Waals surface area contributed by atoms with Gasteiger partial charge in [0.2, 0.25) is 11.8 Å². The topological polar surface area (TPSA) is 70.2 Å². The zero-order valence-corrected chi connectivity index (χ0v) is 12.2. The Bertz CT molecular complexity index is 284. The first-order chi connectivity index (χ1) is 7.88. The van der Waals surface area contributed by atoms with Gasteiger partial charge in [-0.2, -0.15) is 0 Å². The van der Waals surface area contributed by atoms with E-state index in [9.17, 15) is 9.59 Å². The van der Waals surface area contributed by atoms with Crippen molar-refractivity contribution >= 4 is 24.2 Å². The van der Waals surface area contributed by atoms with Gasteiger partial charge in [-0.3, -0.25) is 9.59 Å². The highest BCUT2D eigenvalue weighted by Gasteiger charge is 2.21. The van der Waals surface area contributed by atoms with E-state index in [1.54, 1.807) is 0 Å². The van der Waals surface area contributed by atoms with Crippen LogP contribution in [0, 0.1) is 0 Å². The third kappa shape index (κ3) is 6.81. The van der Waals surface area contributed by atoms with Crippen LogP contribution < -0.4 is 16.0 Å². The van der Waals surface area contributed by atoms with Crippen molar-refractivity contribution in [2.75, 3.05) is 13.1 Å². The maximum atomic E-state index is 11.7. The number of nitrogens with one attached hydrogen (secondary N) is 3. The first-order valence-electron chi connectivity index (χ1n) is 6.20. The van der Waals surface area contributed by atoms with Crippen LogP contribution in [0.4, 0.5) is 0 Å². The van der Waals surface area contributed by atoms with Gasteiger partial charge < -0.3 is 16.0 Å². The van der Waals surface area contributed by atoms with E-state index < -0.39 is 0 Å². The minimum Gasteiger partial charge on any atom is -0.350 e. The van der Waals surface area contributed by atoms with Gasteiger partial charge in [-0.25, -0.2) is 0 Å². The molecule has 0 aromatic rings. The quantitative estimate of drug-likeness (QED) is 0.707. The number of piperidine rings is 1. The van der Waals surface area contributed by atoms with Crippen molar-refractivity contribution in [1.82, 2.24) is 16.0 Å². The molecule has 106 valence electrons. The van der Waals surface area contributed by atoms with Crippen molar-refractivity contribution in [3.05, 3.63) is 0 Å². The molecular formula is C12H24ClN3O2. The molecule has 18 heavy (non-hydrogen) atoms. The molecule has 1 saturated heterocycles. The van der Waals surface area contributed by atoms with Crippen LogP contribution in [0.15, 0.2) is 0 Å². The molecule has 3 N–H and O–H groups in total. The molecule has 0 aromatic carbocycles. The normalized spacial score (nSPS) is 19.6. The van der Waals surface area contributed by atoms with Crippen LogP contribution in [0.2, 0.25) is 0 Å². The predicted molar refractivity (Wildman–Crippen MR) is 73.8 cm³/mol. The number of carbonyl (C=O) groups excluding carboxylic acids is 2. The second-order valence-electron chi connectivity index (χ2n) is 5.52. The van der Waals surface area contributed by atoms with Crippen LogP contribution in [0.1, 0.15) is 40.0 Å². The highest BCUT2D eigenvalue weighted by Crippen LogP contribution is 2.06. The van der Waals surface area contributed by atoms with Gasteiger partial charge in [0.1, 0.15) is 0 Å². The number of halogens is 1. The zero-order valence-electron chi connectivity index (χ0n) is 11.3. The standard InChI is InChI=1S/C12H23N3O2.ClH/c1-12(2,3)15-10(16)8-14-11(17)9-6-4-5-7-13-9;/h9,13H,4-8H2,1-3H3,(H,14,17)(H,15,16);1H. The van der Waals surface area contributed by atoms with Crippen molar-refractivity contribution in [1.29, 1.82) is 0 Å². The summed E-state index contributed by atoms with van der Waals surface area (Å²) in [6.07, 6.45) is 3.04. The van der Waals surface area contributed by atoms with Crippen LogP contribution in [-0.4, -0.2) is 36.5 Å². The molecule has 0 aliphatic carbocycles. The zero-order chi connectivity index (χ0) is 12.9. The SMILES string of the molecule is CC(C)(C)NC(=O)CNC(=O)C1CCCCN1.Cl. The van der Waals surface area contributed by atoms with E-state index in [1.807, 2.05) is 20.8 Å². The van der Waals surface area contributed by atoms with Gasteiger partial charge in [-0.15, -0.1) is 12.4 Å². The Morgan fingerprint density at radius 2 is 1.94 bits per heavy atom. The average molecular weight is 278 g/mol. The second kappa shape index (κ2) is 7.59. The van der Waals surface area contributed by atoms with Crippen LogP contribution in [0.25, 0.3) is 0 Å². The average Bonchev–Trinajstić information content (AvgIpc) is 2.25. The molecule has 0 spiro atoms. The molecule has 0 radical (unpaired) electrons. The Hall–Kier alpha value is -0.810. The molecular weight excluding hydrogens is 254 g/mol. The van der Waals surface area contributed by atoms with Gasteiger partial charge in [-0.1, -0.05) is 6.42 Å². The Morgan fingerprint density at radius 3 is 2.44 bits per heavy atom. The fourth-order valence-electron chi connectivity index (χ4n) is 1.83. The van der Waals surface area contributed by atoms with E-state index in [4.69, 9.17) is 0 Å².